The number of rotatable bonds is 4. The molecule has 0 aliphatic rings. The lowest BCUT2D eigenvalue weighted by molar-refractivity contribution is 0.581. The second kappa shape index (κ2) is 8.36. The summed E-state index contributed by atoms with van der Waals surface area (Å²) < 4.78 is 30.1. The highest BCUT2D eigenvalue weighted by atomic mass is 32.1. The monoisotopic (exact) mass is 415 g/mol. The Bertz CT molecular complexity index is 1150. The molecule has 2 aromatic carbocycles. The van der Waals surface area contributed by atoms with Crippen LogP contribution in [-0.4, -0.2) is 20.2 Å². The minimum absolute atomic E-state index is 0.0675. The molecule has 0 atom stereocenters. The number of anilines is 1. The van der Waals surface area contributed by atoms with Crippen molar-refractivity contribution >= 4 is 28.7 Å². The van der Waals surface area contributed by atoms with Crippen LogP contribution in [-0.2, 0) is 7.05 Å². The first-order chi connectivity index (χ1) is 13.8. The highest BCUT2D eigenvalue weighted by molar-refractivity contribution is 7.80. The first kappa shape index (κ1) is 20.4. The van der Waals surface area contributed by atoms with E-state index in [4.69, 9.17) is 12.2 Å². The number of hydrogen-bond acceptors (Lipinski definition) is 3. The molecule has 6 nitrogen and oxygen atoms in total. The van der Waals surface area contributed by atoms with E-state index in [1.807, 2.05) is 30.3 Å². The van der Waals surface area contributed by atoms with Crippen LogP contribution < -0.4 is 16.3 Å². The maximum Gasteiger partial charge on any atom is 0.295 e. The van der Waals surface area contributed by atoms with Crippen molar-refractivity contribution in [2.45, 2.75) is 13.8 Å². The second-order valence-corrected chi connectivity index (χ2v) is 6.73. The molecule has 1 heterocycles. The molecule has 9 heteroatoms. The topological polar surface area (TPSA) is 63.4 Å². The van der Waals surface area contributed by atoms with Crippen molar-refractivity contribution in [1.29, 1.82) is 0 Å². The van der Waals surface area contributed by atoms with Gasteiger partial charge in [0.2, 0.25) is 0 Å². The number of thiocarbonyl (C=S) groups is 1. The van der Waals surface area contributed by atoms with Gasteiger partial charge in [-0.25, -0.2) is 13.5 Å². The Labute approximate surface area is 171 Å². The van der Waals surface area contributed by atoms with E-state index in [9.17, 15) is 13.6 Å². The molecule has 0 spiro atoms. The van der Waals surface area contributed by atoms with Crippen LogP contribution in [0, 0.1) is 18.6 Å². The predicted molar refractivity (Wildman–Crippen MR) is 114 cm³/mol. The number of aromatic nitrogens is 2. The number of para-hydroxylation sites is 1. The summed E-state index contributed by atoms with van der Waals surface area (Å²) in [6.07, 6.45) is 0. The van der Waals surface area contributed by atoms with E-state index in [-0.39, 0.29) is 21.9 Å². The number of hydrazone groups is 1. The zero-order chi connectivity index (χ0) is 21.1. The van der Waals surface area contributed by atoms with E-state index in [0.717, 1.165) is 17.8 Å². The van der Waals surface area contributed by atoms with Gasteiger partial charge < -0.3 is 5.32 Å². The van der Waals surface area contributed by atoms with Gasteiger partial charge in [0, 0.05) is 18.7 Å². The van der Waals surface area contributed by atoms with Crippen LogP contribution in [0.1, 0.15) is 18.2 Å². The van der Waals surface area contributed by atoms with E-state index in [0.29, 0.717) is 11.4 Å². The molecular weight excluding hydrogens is 396 g/mol. The highest BCUT2D eigenvalue weighted by Gasteiger charge is 2.17. The average molecular weight is 415 g/mol. The zero-order valence-corrected chi connectivity index (χ0v) is 16.8. The number of halogens is 2. The molecule has 3 rings (SSSR count). The summed E-state index contributed by atoms with van der Waals surface area (Å²) in [5, 5.41) is 6.93. The SMILES string of the molecule is C/C(=N/NC(=S)Nc1c(C)n(C)n(-c2ccccc2)c1=O)c1ccc(F)cc1F. The Morgan fingerprint density at radius 3 is 2.48 bits per heavy atom. The molecule has 1 aromatic heterocycles. The average Bonchev–Trinajstić information content (AvgIpc) is 2.90. The van der Waals surface area contributed by atoms with Gasteiger partial charge in [-0.15, -0.1) is 0 Å². The van der Waals surface area contributed by atoms with E-state index < -0.39 is 11.6 Å². The van der Waals surface area contributed by atoms with Crippen molar-refractivity contribution in [2.24, 2.45) is 12.1 Å². The van der Waals surface area contributed by atoms with Crippen molar-refractivity contribution in [2.75, 3.05) is 5.32 Å². The number of nitrogens with one attached hydrogen (secondary N) is 2. The molecule has 2 N–H and O–H groups in total. The molecule has 3 aromatic rings. The van der Waals surface area contributed by atoms with Crippen molar-refractivity contribution < 1.29 is 8.78 Å². The molecule has 0 amide bonds. The Balaban J connectivity index is 1.80. The van der Waals surface area contributed by atoms with Gasteiger partial charge in [-0.3, -0.25) is 14.9 Å². The molecule has 0 saturated heterocycles. The van der Waals surface area contributed by atoms with Gasteiger partial charge in [-0.1, -0.05) is 18.2 Å². The zero-order valence-electron chi connectivity index (χ0n) is 16.0. The summed E-state index contributed by atoms with van der Waals surface area (Å²) >= 11 is 5.21. The van der Waals surface area contributed by atoms with Crippen LogP contribution in [0.2, 0.25) is 0 Å². The van der Waals surface area contributed by atoms with Gasteiger partial charge in [0.05, 0.1) is 17.1 Å². The van der Waals surface area contributed by atoms with Crippen molar-refractivity contribution in [3.05, 3.63) is 81.8 Å². The summed E-state index contributed by atoms with van der Waals surface area (Å²) in [6.45, 7) is 3.34. The van der Waals surface area contributed by atoms with Crippen LogP contribution >= 0.6 is 12.2 Å². The van der Waals surface area contributed by atoms with Crippen LogP contribution in [0.5, 0.6) is 0 Å². The standard InChI is InChI=1S/C20H19F2N5OS/c1-12(16-10-9-14(21)11-17(16)22)24-25-20(29)23-18-13(2)26(3)27(19(18)28)15-7-5-4-6-8-15/h4-11H,1-3H3,(H2,23,25,29)/b24-12-. The Morgan fingerprint density at radius 2 is 1.83 bits per heavy atom. The lowest BCUT2D eigenvalue weighted by Gasteiger charge is -2.08. The maximum absolute atomic E-state index is 13.8. The number of hydrogen-bond donors (Lipinski definition) is 2. The number of benzene rings is 2. The molecule has 0 unspecified atom stereocenters. The summed E-state index contributed by atoms with van der Waals surface area (Å²) in [4.78, 5) is 12.9. The fourth-order valence-corrected chi connectivity index (χ4v) is 2.98. The number of nitrogens with zero attached hydrogens (tertiary/aromatic N) is 3. The maximum atomic E-state index is 13.8. The molecular formula is C20H19F2N5OS. The molecule has 0 radical (unpaired) electrons. The lowest BCUT2D eigenvalue weighted by atomic mass is 10.1. The molecule has 0 fully saturated rings. The summed E-state index contributed by atoms with van der Waals surface area (Å²) in [6, 6.07) is 12.4. The molecule has 150 valence electrons. The van der Waals surface area contributed by atoms with E-state index in [1.54, 1.807) is 25.6 Å². The van der Waals surface area contributed by atoms with E-state index >= 15 is 0 Å². The van der Waals surface area contributed by atoms with Crippen molar-refractivity contribution in [1.82, 2.24) is 14.8 Å². The first-order valence-electron chi connectivity index (χ1n) is 8.70. The molecule has 29 heavy (non-hydrogen) atoms. The smallest absolute Gasteiger partial charge is 0.295 e. The molecule has 0 bridgehead atoms. The van der Waals surface area contributed by atoms with Crippen LogP contribution in [0.25, 0.3) is 5.69 Å². The van der Waals surface area contributed by atoms with Crippen molar-refractivity contribution in [3.8, 4) is 5.69 Å². The van der Waals surface area contributed by atoms with E-state index in [1.165, 1.54) is 10.7 Å². The van der Waals surface area contributed by atoms with E-state index in [2.05, 4.69) is 15.8 Å². The molecule has 0 saturated carbocycles. The second-order valence-electron chi connectivity index (χ2n) is 6.32. The third-order valence-electron chi connectivity index (χ3n) is 4.44. The minimum atomic E-state index is -0.725. The first-order valence-corrected chi connectivity index (χ1v) is 9.11. The van der Waals surface area contributed by atoms with Crippen LogP contribution in [0.4, 0.5) is 14.5 Å². The molecule has 0 aliphatic carbocycles. The van der Waals surface area contributed by atoms with Gasteiger partial charge in [0.15, 0.2) is 5.11 Å². The quantitative estimate of drug-likeness (QED) is 0.389. The Hall–Kier alpha value is -3.33. The van der Waals surface area contributed by atoms with Crippen LogP contribution in [0.15, 0.2) is 58.4 Å². The van der Waals surface area contributed by atoms with Gasteiger partial charge in [0.1, 0.15) is 17.3 Å². The Kier molecular flexibility index (Phi) is 5.88. The largest absolute Gasteiger partial charge is 0.325 e. The normalized spacial score (nSPS) is 11.4. The third-order valence-corrected chi connectivity index (χ3v) is 4.63. The lowest BCUT2D eigenvalue weighted by Crippen LogP contribution is -2.28. The Morgan fingerprint density at radius 1 is 1.14 bits per heavy atom. The third kappa shape index (κ3) is 4.24. The van der Waals surface area contributed by atoms with Crippen LogP contribution in [0.3, 0.4) is 0 Å². The predicted octanol–water partition coefficient (Wildman–Crippen LogP) is 3.47. The highest BCUT2D eigenvalue weighted by Crippen LogP contribution is 2.14. The van der Waals surface area contributed by atoms with Gasteiger partial charge in [-0.05, 0) is 50.3 Å². The molecule has 0 aliphatic heterocycles. The van der Waals surface area contributed by atoms with Gasteiger partial charge >= 0.3 is 0 Å². The summed E-state index contributed by atoms with van der Waals surface area (Å²) in [5.74, 6) is -1.39. The van der Waals surface area contributed by atoms with Crippen molar-refractivity contribution in [3.63, 3.8) is 0 Å². The fraction of sp³-hybridized carbons (Fsp3) is 0.150. The fourth-order valence-electron chi connectivity index (χ4n) is 2.83. The van der Waals surface area contributed by atoms with Gasteiger partial charge in [-0.2, -0.15) is 5.10 Å². The summed E-state index contributed by atoms with van der Waals surface area (Å²) in [5.41, 5.74) is 4.42. The minimum Gasteiger partial charge on any atom is -0.325 e. The van der Waals surface area contributed by atoms with Gasteiger partial charge in [0.25, 0.3) is 5.56 Å². The summed E-state index contributed by atoms with van der Waals surface area (Å²) in [7, 11) is 1.77.